The molecule has 2 unspecified atom stereocenters. The lowest BCUT2D eigenvalue weighted by Gasteiger charge is -2.23. The Bertz CT molecular complexity index is 419. The Hall–Kier alpha value is -1.58. The van der Waals surface area contributed by atoms with E-state index in [1.54, 1.807) is 12.3 Å². The molecule has 0 aliphatic heterocycles. The zero-order valence-electron chi connectivity index (χ0n) is 10.9. The second-order valence-corrected chi connectivity index (χ2v) is 5.16. The second-order valence-electron chi connectivity index (χ2n) is 5.16. The van der Waals surface area contributed by atoms with Gasteiger partial charge in [0, 0.05) is 24.1 Å². The SMILES string of the molecule is CC1CCCCCC1NC(=O)c1cnccc1N. The van der Waals surface area contributed by atoms with Crippen LogP contribution in [0.15, 0.2) is 18.5 Å². The van der Waals surface area contributed by atoms with Gasteiger partial charge in [-0.1, -0.05) is 26.2 Å². The fourth-order valence-electron chi connectivity index (χ4n) is 2.55. The van der Waals surface area contributed by atoms with Crippen LogP contribution in [0.3, 0.4) is 0 Å². The lowest BCUT2D eigenvalue weighted by Crippen LogP contribution is -2.39. The second kappa shape index (κ2) is 5.85. The van der Waals surface area contributed by atoms with Crippen molar-refractivity contribution < 1.29 is 4.79 Å². The molecule has 4 heteroatoms. The van der Waals surface area contributed by atoms with E-state index in [0.29, 0.717) is 17.2 Å². The lowest BCUT2D eigenvalue weighted by molar-refractivity contribution is 0.0922. The van der Waals surface area contributed by atoms with Crippen LogP contribution < -0.4 is 11.1 Å². The first-order valence-corrected chi connectivity index (χ1v) is 6.69. The van der Waals surface area contributed by atoms with Gasteiger partial charge < -0.3 is 11.1 Å². The smallest absolute Gasteiger partial charge is 0.255 e. The molecule has 0 spiro atoms. The van der Waals surface area contributed by atoms with Crippen molar-refractivity contribution in [2.45, 2.75) is 45.1 Å². The molecule has 3 N–H and O–H groups in total. The molecular formula is C14H21N3O. The Kier molecular flexibility index (Phi) is 4.18. The van der Waals surface area contributed by atoms with Crippen LogP contribution in [0.1, 0.15) is 49.4 Å². The lowest BCUT2D eigenvalue weighted by atomic mass is 9.96. The molecule has 98 valence electrons. The third-order valence-electron chi connectivity index (χ3n) is 3.78. The number of nitrogen functional groups attached to an aromatic ring is 1. The summed E-state index contributed by atoms with van der Waals surface area (Å²) < 4.78 is 0. The van der Waals surface area contributed by atoms with E-state index in [9.17, 15) is 4.79 Å². The van der Waals surface area contributed by atoms with Crippen molar-refractivity contribution >= 4 is 11.6 Å². The van der Waals surface area contributed by atoms with E-state index in [1.165, 1.54) is 31.9 Å². The maximum absolute atomic E-state index is 12.2. The van der Waals surface area contributed by atoms with Crippen molar-refractivity contribution in [2.24, 2.45) is 5.92 Å². The van der Waals surface area contributed by atoms with Gasteiger partial charge in [0.1, 0.15) is 0 Å². The van der Waals surface area contributed by atoms with Crippen LogP contribution in [0.4, 0.5) is 5.69 Å². The molecule has 1 aromatic rings. The Morgan fingerprint density at radius 1 is 1.39 bits per heavy atom. The van der Waals surface area contributed by atoms with Crippen molar-refractivity contribution in [1.29, 1.82) is 0 Å². The summed E-state index contributed by atoms with van der Waals surface area (Å²) in [6.45, 7) is 2.21. The summed E-state index contributed by atoms with van der Waals surface area (Å²) in [6.07, 6.45) is 9.11. The van der Waals surface area contributed by atoms with Crippen LogP contribution in [-0.4, -0.2) is 16.9 Å². The number of nitrogens with zero attached hydrogens (tertiary/aromatic N) is 1. The van der Waals surface area contributed by atoms with Crippen LogP contribution in [-0.2, 0) is 0 Å². The monoisotopic (exact) mass is 247 g/mol. The summed E-state index contributed by atoms with van der Waals surface area (Å²) in [5, 5.41) is 3.11. The van der Waals surface area contributed by atoms with Gasteiger partial charge in [-0.05, 0) is 24.8 Å². The molecule has 2 rings (SSSR count). The van der Waals surface area contributed by atoms with Gasteiger partial charge in [0.15, 0.2) is 0 Å². The molecule has 1 amide bonds. The predicted molar refractivity (Wildman–Crippen MR) is 72.2 cm³/mol. The molecule has 2 atom stereocenters. The van der Waals surface area contributed by atoms with E-state index < -0.39 is 0 Å². The minimum atomic E-state index is -0.0978. The average Bonchev–Trinajstić information content (AvgIpc) is 2.55. The van der Waals surface area contributed by atoms with Crippen LogP contribution in [0.2, 0.25) is 0 Å². The summed E-state index contributed by atoms with van der Waals surface area (Å²) in [7, 11) is 0. The maximum atomic E-state index is 12.2. The summed E-state index contributed by atoms with van der Waals surface area (Å²) in [4.78, 5) is 16.1. The number of pyridine rings is 1. The average molecular weight is 247 g/mol. The molecule has 4 nitrogen and oxygen atoms in total. The number of anilines is 1. The van der Waals surface area contributed by atoms with Crippen LogP contribution in [0.25, 0.3) is 0 Å². The Balaban J connectivity index is 2.04. The summed E-state index contributed by atoms with van der Waals surface area (Å²) in [5.41, 5.74) is 6.76. The highest BCUT2D eigenvalue weighted by Gasteiger charge is 2.22. The van der Waals surface area contributed by atoms with Gasteiger partial charge in [0.25, 0.3) is 5.91 Å². The summed E-state index contributed by atoms with van der Waals surface area (Å²) >= 11 is 0. The molecule has 0 bridgehead atoms. The summed E-state index contributed by atoms with van der Waals surface area (Å²) in [6, 6.07) is 1.92. The van der Waals surface area contributed by atoms with Gasteiger partial charge >= 0.3 is 0 Å². The minimum absolute atomic E-state index is 0.0978. The maximum Gasteiger partial charge on any atom is 0.255 e. The first kappa shape index (κ1) is 12.9. The highest BCUT2D eigenvalue weighted by Crippen LogP contribution is 2.23. The van der Waals surface area contributed by atoms with Crippen LogP contribution in [0.5, 0.6) is 0 Å². The van der Waals surface area contributed by atoms with Gasteiger partial charge in [0.2, 0.25) is 0 Å². The standard InChI is InChI=1S/C14H21N3O/c1-10-5-3-2-4-6-13(10)17-14(18)11-9-16-8-7-12(11)15/h7-10,13H,2-6H2,1H3,(H2,15,16)(H,17,18). The van der Waals surface area contributed by atoms with E-state index >= 15 is 0 Å². The highest BCUT2D eigenvalue weighted by atomic mass is 16.1. The van der Waals surface area contributed by atoms with E-state index in [4.69, 9.17) is 5.73 Å². The number of carbonyl (C=O) groups is 1. The van der Waals surface area contributed by atoms with Crippen molar-refractivity contribution in [2.75, 3.05) is 5.73 Å². The molecule has 1 fully saturated rings. The largest absolute Gasteiger partial charge is 0.398 e. The van der Waals surface area contributed by atoms with Crippen LogP contribution in [0, 0.1) is 5.92 Å². The number of hydrogen-bond donors (Lipinski definition) is 2. The molecule has 0 radical (unpaired) electrons. The van der Waals surface area contributed by atoms with E-state index in [1.807, 2.05) is 0 Å². The van der Waals surface area contributed by atoms with E-state index in [-0.39, 0.29) is 11.9 Å². The van der Waals surface area contributed by atoms with E-state index in [2.05, 4.69) is 17.2 Å². The van der Waals surface area contributed by atoms with Gasteiger partial charge in [-0.3, -0.25) is 9.78 Å². The number of carbonyl (C=O) groups excluding carboxylic acids is 1. The Labute approximate surface area is 108 Å². The Morgan fingerprint density at radius 2 is 2.17 bits per heavy atom. The predicted octanol–water partition coefficient (Wildman–Crippen LogP) is 2.36. The van der Waals surface area contributed by atoms with E-state index in [0.717, 1.165) is 6.42 Å². The van der Waals surface area contributed by atoms with Crippen molar-refractivity contribution in [3.8, 4) is 0 Å². The molecule has 1 aliphatic rings. The molecule has 1 heterocycles. The zero-order valence-corrected chi connectivity index (χ0v) is 10.9. The van der Waals surface area contributed by atoms with Gasteiger partial charge in [0.05, 0.1) is 5.56 Å². The Morgan fingerprint density at radius 3 is 2.94 bits per heavy atom. The number of rotatable bonds is 2. The highest BCUT2D eigenvalue weighted by molar-refractivity contribution is 5.98. The fraction of sp³-hybridized carbons (Fsp3) is 0.571. The molecule has 0 aromatic carbocycles. The molecule has 18 heavy (non-hydrogen) atoms. The van der Waals surface area contributed by atoms with Crippen molar-refractivity contribution in [1.82, 2.24) is 10.3 Å². The van der Waals surface area contributed by atoms with Gasteiger partial charge in [-0.25, -0.2) is 0 Å². The fourth-order valence-corrected chi connectivity index (χ4v) is 2.55. The first-order chi connectivity index (χ1) is 8.68. The topological polar surface area (TPSA) is 68.0 Å². The van der Waals surface area contributed by atoms with Gasteiger partial charge in [-0.15, -0.1) is 0 Å². The van der Waals surface area contributed by atoms with Crippen molar-refractivity contribution in [3.05, 3.63) is 24.0 Å². The number of hydrogen-bond acceptors (Lipinski definition) is 3. The molecular weight excluding hydrogens is 226 g/mol. The number of nitrogens with one attached hydrogen (secondary N) is 1. The number of nitrogens with two attached hydrogens (primary N) is 1. The molecule has 1 aromatic heterocycles. The van der Waals surface area contributed by atoms with Crippen LogP contribution >= 0.6 is 0 Å². The summed E-state index contributed by atoms with van der Waals surface area (Å²) in [5.74, 6) is 0.439. The van der Waals surface area contributed by atoms with Crippen molar-refractivity contribution in [3.63, 3.8) is 0 Å². The first-order valence-electron chi connectivity index (χ1n) is 6.69. The number of amides is 1. The third kappa shape index (κ3) is 3.00. The normalized spacial score (nSPS) is 24.3. The molecule has 1 aliphatic carbocycles. The van der Waals surface area contributed by atoms with Gasteiger partial charge in [-0.2, -0.15) is 0 Å². The molecule has 0 saturated heterocycles. The quantitative estimate of drug-likeness (QED) is 0.788. The zero-order chi connectivity index (χ0) is 13.0. The number of aromatic nitrogens is 1. The molecule has 1 saturated carbocycles. The minimum Gasteiger partial charge on any atom is -0.398 e. The third-order valence-corrected chi connectivity index (χ3v) is 3.78.